The molecule has 0 unspecified atom stereocenters. The maximum Gasteiger partial charge on any atom is 0.129 e. The minimum absolute atomic E-state index is 0.561. The van der Waals surface area contributed by atoms with Gasteiger partial charge in [-0.25, -0.2) is 0 Å². The number of hydrogen-bond acceptors (Lipinski definition) is 2. The van der Waals surface area contributed by atoms with E-state index >= 15 is 0 Å². The second-order valence-corrected chi connectivity index (χ2v) is 4.70. The van der Waals surface area contributed by atoms with Gasteiger partial charge in [-0.1, -0.05) is 42.5 Å². The largest absolute Gasteiger partial charge is 0.488 e. The van der Waals surface area contributed by atoms with Crippen LogP contribution in [0.1, 0.15) is 11.1 Å². The predicted octanol–water partition coefficient (Wildman–Crippen LogP) is 3.96. The molecule has 1 N–H and O–H groups in total. The van der Waals surface area contributed by atoms with Gasteiger partial charge < -0.3 is 4.74 Å². The fraction of sp³-hybridized carbons (Fsp3) is 0.118. The lowest BCUT2D eigenvalue weighted by Gasteiger charge is -2.11. The number of H-pyrrole nitrogens is 1. The molecular formula is C17H16N2O. The van der Waals surface area contributed by atoms with Gasteiger partial charge in [0, 0.05) is 5.56 Å². The molecule has 1 aromatic heterocycles. The van der Waals surface area contributed by atoms with E-state index < -0.39 is 0 Å². The summed E-state index contributed by atoms with van der Waals surface area (Å²) in [4.78, 5) is 0. The number of aromatic nitrogens is 2. The summed E-state index contributed by atoms with van der Waals surface area (Å²) >= 11 is 0. The van der Waals surface area contributed by atoms with Crippen LogP contribution in [-0.2, 0) is 6.61 Å². The van der Waals surface area contributed by atoms with Crippen molar-refractivity contribution >= 4 is 0 Å². The van der Waals surface area contributed by atoms with Crippen molar-refractivity contribution in [1.29, 1.82) is 0 Å². The number of nitrogens with one attached hydrogen (secondary N) is 1. The number of ether oxygens (including phenoxy) is 1. The van der Waals surface area contributed by atoms with E-state index in [2.05, 4.69) is 22.3 Å². The molecule has 0 atom stereocenters. The highest BCUT2D eigenvalue weighted by Crippen LogP contribution is 2.30. The van der Waals surface area contributed by atoms with Gasteiger partial charge in [-0.05, 0) is 30.2 Å². The normalized spacial score (nSPS) is 10.4. The number of aryl methyl sites for hydroxylation is 1. The third-order valence-electron chi connectivity index (χ3n) is 3.22. The van der Waals surface area contributed by atoms with Crippen molar-refractivity contribution in [3.8, 4) is 17.0 Å². The molecule has 0 saturated carbocycles. The molecule has 1 heterocycles. The van der Waals surface area contributed by atoms with Crippen LogP contribution in [0.5, 0.6) is 5.75 Å². The monoisotopic (exact) mass is 264 g/mol. The minimum atomic E-state index is 0.561. The molecular weight excluding hydrogens is 248 g/mol. The lowest BCUT2D eigenvalue weighted by molar-refractivity contribution is 0.307. The van der Waals surface area contributed by atoms with Crippen LogP contribution in [0, 0.1) is 6.92 Å². The average Bonchev–Trinajstić information content (AvgIpc) is 2.92. The van der Waals surface area contributed by atoms with Crippen LogP contribution in [0.4, 0.5) is 0 Å². The number of para-hydroxylation sites is 1. The van der Waals surface area contributed by atoms with E-state index in [9.17, 15) is 0 Å². The van der Waals surface area contributed by atoms with Crippen LogP contribution in [0.25, 0.3) is 11.3 Å². The van der Waals surface area contributed by atoms with Gasteiger partial charge in [0.05, 0.1) is 11.9 Å². The molecule has 3 aromatic rings. The van der Waals surface area contributed by atoms with Gasteiger partial charge in [-0.3, -0.25) is 5.10 Å². The molecule has 0 aliphatic carbocycles. The molecule has 3 heteroatoms. The van der Waals surface area contributed by atoms with Crippen molar-refractivity contribution in [3.05, 3.63) is 71.9 Å². The number of hydrogen-bond donors (Lipinski definition) is 1. The fourth-order valence-electron chi connectivity index (χ4n) is 2.15. The van der Waals surface area contributed by atoms with Gasteiger partial charge in [0.15, 0.2) is 0 Å². The van der Waals surface area contributed by atoms with Crippen molar-refractivity contribution in [2.75, 3.05) is 0 Å². The van der Waals surface area contributed by atoms with E-state index in [0.717, 1.165) is 28.1 Å². The predicted molar refractivity (Wildman–Crippen MR) is 79.5 cm³/mol. The number of nitrogens with zero attached hydrogens (tertiary/aromatic N) is 1. The minimum Gasteiger partial charge on any atom is -0.488 e. The molecule has 0 aliphatic heterocycles. The third-order valence-corrected chi connectivity index (χ3v) is 3.22. The molecule has 0 amide bonds. The molecule has 0 radical (unpaired) electrons. The van der Waals surface area contributed by atoms with Crippen LogP contribution in [-0.4, -0.2) is 10.2 Å². The number of rotatable bonds is 4. The van der Waals surface area contributed by atoms with Gasteiger partial charge in [-0.15, -0.1) is 0 Å². The van der Waals surface area contributed by atoms with Crippen molar-refractivity contribution in [2.45, 2.75) is 13.5 Å². The van der Waals surface area contributed by atoms with Crippen LogP contribution >= 0.6 is 0 Å². The molecule has 3 nitrogen and oxygen atoms in total. The highest BCUT2D eigenvalue weighted by Gasteiger charge is 2.09. The van der Waals surface area contributed by atoms with Gasteiger partial charge in [0.2, 0.25) is 0 Å². The van der Waals surface area contributed by atoms with E-state index in [0.29, 0.717) is 6.61 Å². The van der Waals surface area contributed by atoms with Crippen LogP contribution < -0.4 is 4.74 Å². The van der Waals surface area contributed by atoms with Crippen molar-refractivity contribution < 1.29 is 4.74 Å². The standard InChI is InChI=1S/C17H16N2O/c1-13-11-18-19-17(13)15-9-5-6-10-16(15)20-12-14-7-3-2-4-8-14/h2-11H,12H2,1H3,(H,18,19). The molecule has 0 saturated heterocycles. The average molecular weight is 264 g/mol. The lowest BCUT2D eigenvalue weighted by Crippen LogP contribution is -1.97. The van der Waals surface area contributed by atoms with E-state index in [1.54, 1.807) is 0 Å². The fourth-order valence-corrected chi connectivity index (χ4v) is 2.15. The SMILES string of the molecule is Cc1cn[nH]c1-c1ccccc1OCc1ccccc1. The Morgan fingerprint density at radius 1 is 1.00 bits per heavy atom. The smallest absolute Gasteiger partial charge is 0.129 e. The first kappa shape index (κ1) is 12.5. The van der Waals surface area contributed by atoms with Crippen LogP contribution in [0.2, 0.25) is 0 Å². The second kappa shape index (κ2) is 5.61. The molecule has 20 heavy (non-hydrogen) atoms. The van der Waals surface area contributed by atoms with Crippen molar-refractivity contribution in [1.82, 2.24) is 10.2 Å². The van der Waals surface area contributed by atoms with E-state index in [4.69, 9.17) is 4.74 Å². The lowest BCUT2D eigenvalue weighted by atomic mass is 10.1. The molecule has 3 rings (SSSR count). The first-order valence-electron chi connectivity index (χ1n) is 6.60. The number of benzene rings is 2. The highest BCUT2D eigenvalue weighted by atomic mass is 16.5. The zero-order valence-electron chi connectivity index (χ0n) is 11.3. The maximum atomic E-state index is 5.95. The van der Waals surface area contributed by atoms with Crippen molar-refractivity contribution in [3.63, 3.8) is 0 Å². The summed E-state index contributed by atoms with van der Waals surface area (Å²) < 4.78 is 5.95. The highest BCUT2D eigenvalue weighted by molar-refractivity contribution is 5.69. The second-order valence-electron chi connectivity index (χ2n) is 4.70. The molecule has 0 aliphatic rings. The summed E-state index contributed by atoms with van der Waals surface area (Å²) in [7, 11) is 0. The Kier molecular flexibility index (Phi) is 3.50. The molecule has 0 fully saturated rings. The van der Waals surface area contributed by atoms with Gasteiger partial charge in [0.25, 0.3) is 0 Å². The van der Waals surface area contributed by atoms with E-state index in [1.165, 1.54) is 0 Å². The summed E-state index contributed by atoms with van der Waals surface area (Å²) in [6.07, 6.45) is 1.82. The summed E-state index contributed by atoms with van der Waals surface area (Å²) in [5.41, 5.74) is 4.32. The summed E-state index contributed by atoms with van der Waals surface area (Å²) in [6, 6.07) is 18.2. The molecule has 2 aromatic carbocycles. The van der Waals surface area contributed by atoms with Crippen LogP contribution in [0.3, 0.4) is 0 Å². The van der Waals surface area contributed by atoms with Gasteiger partial charge >= 0.3 is 0 Å². The first-order chi connectivity index (χ1) is 9.84. The Hall–Kier alpha value is -2.55. The maximum absolute atomic E-state index is 5.95. The van der Waals surface area contributed by atoms with Crippen molar-refractivity contribution in [2.24, 2.45) is 0 Å². The Morgan fingerprint density at radius 3 is 2.50 bits per heavy atom. The topological polar surface area (TPSA) is 37.9 Å². The Labute approximate surface area is 118 Å². The summed E-state index contributed by atoms with van der Waals surface area (Å²) in [6.45, 7) is 2.60. The molecule has 0 spiro atoms. The Balaban J connectivity index is 1.86. The van der Waals surface area contributed by atoms with Gasteiger partial charge in [0.1, 0.15) is 12.4 Å². The zero-order chi connectivity index (χ0) is 13.8. The molecule has 100 valence electrons. The van der Waals surface area contributed by atoms with E-state index in [-0.39, 0.29) is 0 Å². The Morgan fingerprint density at radius 2 is 1.75 bits per heavy atom. The first-order valence-corrected chi connectivity index (χ1v) is 6.60. The molecule has 0 bridgehead atoms. The van der Waals surface area contributed by atoms with E-state index in [1.807, 2.05) is 55.6 Å². The number of aromatic amines is 1. The third kappa shape index (κ3) is 2.57. The van der Waals surface area contributed by atoms with Gasteiger partial charge in [-0.2, -0.15) is 5.10 Å². The quantitative estimate of drug-likeness (QED) is 0.774. The van der Waals surface area contributed by atoms with Crippen LogP contribution in [0.15, 0.2) is 60.8 Å². The Bertz CT molecular complexity index is 689. The summed E-state index contributed by atoms with van der Waals surface area (Å²) in [5, 5.41) is 7.11. The summed E-state index contributed by atoms with van der Waals surface area (Å²) in [5.74, 6) is 0.865. The zero-order valence-corrected chi connectivity index (χ0v) is 11.3.